The number of piperazine rings is 1. The van der Waals surface area contributed by atoms with Gasteiger partial charge < -0.3 is 9.80 Å². The molecule has 2 fully saturated rings. The van der Waals surface area contributed by atoms with Crippen molar-refractivity contribution in [2.75, 3.05) is 31.9 Å². The molecule has 1 saturated heterocycles. The quantitative estimate of drug-likeness (QED) is 0.696. The van der Waals surface area contributed by atoms with Gasteiger partial charge in [-0.05, 0) is 42.2 Å². The van der Waals surface area contributed by atoms with Crippen LogP contribution < -0.4 is 0 Å². The smallest absolute Gasteiger partial charge is 0.233 e. The molecule has 0 N–H and O–H groups in total. The maximum absolute atomic E-state index is 12.8. The molecule has 6 heteroatoms. The van der Waals surface area contributed by atoms with Crippen LogP contribution in [0, 0.1) is 5.92 Å². The van der Waals surface area contributed by atoms with Gasteiger partial charge in [-0.3, -0.25) is 9.59 Å². The molecule has 1 aliphatic heterocycles. The molecule has 0 spiro atoms. The van der Waals surface area contributed by atoms with Crippen molar-refractivity contribution in [1.29, 1.82) is 0 Å². The highest BCUT2D eigenvalue weighted by molar-refractivity contribution is 8.00. The van der Waals surface area contributed by atoms with Gasteiger partial charge in [0.05, 0.1) is 5.75 Å². The monoisotopic (exact) mass is 414 g/mol. The van der Waals surface area contributed by atoms with Crippen LogP contribution in [0.25, 0.3) is 0 Å². The van der Waals surface area contributed by atoms with Crippen molar-refractivity contribution in [3.63, 3.8) is 0 Å². The first-order valence-corrected chi connectivity index (χ1v) is 11.0. The molecule has 4 nitrogen and oxygen atoms in total. The Hall–Kier alpha value is -1.98. The summed E-state index contributed by atoms with van der Waals surface area (Å²) in [4.78, 5) is 30.1. The lowest BCUT2D eigenvalue weighted by Gasteiger charge is -2.35. The Morgan fingerprint density at radius 2 is 1.57 bits per heavy atom. The third kappa shape index (κ3) is 4.53. The number of rotatable bonds is 5. The molecule has 2 atom stereocenters. The van der Waals surface area contributed by atoms with Crippen molar-refractivity contribution < 1.29 is 9.59 Å². The minimum atomic E-state index is 0.116. The predicted octanol–water partition coefficient (Wildman–Crippen LogP) is 3.91. The number of benzene rings is 2. The number of hydrogen-bond donors (Lipinski definition) is 0. The first kappa shape index (κ1) is 19.3. The summed E-state index contributed by atoms with van der Waals surface area (Å²) < 4.78 is 0. The zero-order chi connectivity index (χ0) is 19.5. The van der Waals surface area contributed by atoms with Crippen LogP contribution in [0.15, 0.2) is 59.5 Å². The molecule has 4 rings (SSSR count). The molecule has 0 unspecified atom stereocenters. The number of amides is 2. The second kappa shape index (κ2) is 8.58. The number of carbonyl (C=O) groups is 2. The van der Waals surface area contributed by atoms with E-state index < -0.39 is 0 Å². The van der Waals surface area contributed by atoms with Crippen LogP contribution in [0.3, 0.4) is 0 Å². The molecule has 1 heterocycles. The number of carbonyl (C=O) groups excluding carboxylic acids is 2. The highest BCUT2D eigenvalue weighted by atomic mass is 35.5. The summed E-state index contributed by atoms with van der Waals surface area (Å²) in [5.41, 5.74) is 1.26. The second-order valence-corrected chi connectivity index (χ2v) is 8.79. The summed E-state index contributed by atoms with van der Waals surface area (Å²) in [5, 5.41) is 0.696. The summed E-state index contributed by atoms with van der Waals surface area (Å²) in [6, 6.07) is 17.8. The molecule has 2 aromatic rings. The number of hydrogen-bond acceptors (Lipinski definition) is 3. The molecular weight excluding hydrogens is 392 g/mol. The number of halogens is 1. The fourth-order valence-corrected chi connectivity index (χ4v) is 4.64. The lowest BCUT2D eigenvalue weighted by atomic mass is 10.1. The molecule has 0 bridgehead atoms. The molecule has 1 saturated carbocycles. The fraction of sp³-hybridized carbons (Fsp3) is 0.364. The van der Waals surface area contributed by atoms with E-state index in [0.717, 1.165) is 11.3 Å². The van der Waals surface area contributed by atoms with Gasteiger partial charge in [0.15, 0.2) is 0 Å². The van der Waals surface area contributed by atoms with E-state index in [1.807, 2.05) is 52.3 Å². The fourth-order valence-electron chi connectivity index (χ4n) is 3.71. The van der Waals surface area contributed by atoms with Crippen molar-refractivity contribution in [2.45, 2.75) is 17.2 Å². The second-order valence-electron chi connectivity index (χ2n) is 7.31. The molecule has 146 valence electrons. The van der Waals surface area contributed by atoms with Gasteiger partial charge in [0.1, 0.15) is 0 Å². The van der Waals surface area contributed by atoms with Crippen molar-refractivity contribution in [2.24, 2.45) is 5.92 Å². The lowest BCUT2D eigenvalue weighted by molar-refractivity contribution is -0.139. The predicted molar refractivity (Wildman–Crippen MR) is 113 cm³/mol. The standard InChI is InChI=1S/C22H23ClN2O2S/c23-17-6-8-18(9-7-17)28-15-21(26)24-10-12-25(13-11-24)22(27)20-14-19(20)16-4-2-1-3-5-16/h1-9,19-20H,10-15H2/t19-,20+/m0/s1. The number of nitrogens with zero attached hydrogens (tertiary/aromatic N) is 2. The highest BCUT2D eigenvalue weighted by Crippen LogP contribution is 2.48. The Balaban J connectivity index is 1.22. The van der Waals surface area contributed by atoms with Gasteiger partial charge in [-0.25, -0.2) is 0 Å². The van der Waals surface area contributed by atoms with Crippen LogP contribution >= 0.6 is 23.4 Å². The van der Waals surface area contributed by atoms with Gasteiger partial charge in [0, 0.05) is 42.0 Å². The van der Waals surface area contributed by atoms with E-state index in [4.69, 9.17) is 11.6 Å². The molecule has 28 heavy (non-hydrogen) atoms. The van der Waals surface area contributed by atoms with E-state index in [0.29, 0.717) is 42.9 Å². The van der Waals surface area contributed by atoms with Gasteiger partial charge in [-0.15, -0.1) is 11.8 Å². The number of thioether (sulfide) groups is 1. The summed E-state index contributed by atoms with van der Waals surface area (Å²) >= 11 is 7.41. The Bertz CT molecular complexity index is 835. The largest absolute Gasteiger partial charge is 0.339 e. The Morgan fingerprint density at radius 3 is 2.25 bits per heavy atom. The maximum atomic E-state index is 12.8. The molecular formula is C22H23ClN2O2S. The Kier molecular flexibility index (Phi) is 5.93. The van der Waals surface area contributed by atoms with Gasteiger partial charge >= 0.3 is 0 Å². The zero-order valence-corrected chi connectivity index (χ0v) is 17.2. The molecule has 0 radical (unpaired) electrons. The third-order valence-corrected chi connectivity index (χ3v) is 6.70. The SMILES string of the molecule is O=C(CSc1ccc(Cl)cc1)N1CCN(C(=O)[C@@H]2C[C@H]2c2ccccc2)CC1. The normalized spacial score (nSPS) is 21.5. The molecule has 2 amide bonds. The average Bonchev–Trinajstić information content (AvgIpc) is 3.54. The van der Waals surface area contributed by atoms with E-state index >= 15 is 0 Å². The van der Waals surface area contributed by atoms with Crippen molar-refractivity contribution in [3.05, 3.63) is 65.2 Å². The van der Waals surface area contributed by atoms with Crippen molar-refractivity contribution >= 4 is 35.2 Å². The lowest BCUT2D eigenvalue weighted by Crippen LogP contribution is -2.51. The van der Waals surface area contributed by atoms with Crippen LogP contribution in [0.2, 0.25) is 5.02 Å². The summed E-state index contributed by atoms with van der Waals surface area (Å²) in [6.45, 7) is 2.51. The summed E-state index contributed by atoms with van der Waals surface area (Å²) in [5.74, 6) is 1.26. The Labute approximate surface area is 174 Å². The van der Waals surface area contributed by atoms with Crippen molar-refractivity contribution in [1.82, 2.24) is 9.80 Å². The first-order valence-electron chi connectivity index (χ1n) is 9.61. The first-order chi connectivity index (χ1) is 13.6. The Morgan fingerprint density at radius 1 is 0.929 bits per heavy atom. The van der Waals surface area contributed by atoms with Crippen LogP contribution in [-0.2, 0) is 9.59 Å². The highest BCUT2D eigenvalue weighted by Gasteiger charge is 2.46. The van der Waals surface area contributed by atoms with E-state index in [9.17, 15) is 9.59 Å². The van der Waals surface area contributed by atoms with E-state index in [1.165, 1.54) is 17.3 Å². The molecule has 0 aromatic heterocycles. The van der Waals surface area contributed by atoms with Gasteiger partial charge in [-0.1, -0.05) is 41.9 Å². The van der Waals surface area contributed by atoms with Crippen LogP contribution in [0.5, 0.6) is 0 Å². The van der Waals surface area contributed by atoms with Gasteiger partial charge in [-0.2, -0.15) is 0 Å². The topological polar surface area (TPSA) is 40.6 Å². The summed E-state index contributed by atoms with van der Waals surface area (Å²) in [6.07, 6.45) is 0.944. The zero-order valence-electron chi connectivity index (χ0n) is 15.6. The molecule has 2 aromatic carbocycles. The van der Waals surface area contributed by atoms with E-state index in [1.54, 1.807) is 0 Å². The minimum absolute atomic E-state index is 0.116. The minimum Gasteiger partial charge on any atom is -0.339 e. The van der Waals surface area contributed by atoms with E-state index in [-0.39, 0.29) is 17.7 Å². The summed E-state index contributed by atoms with van der Waals surface area (Å²) in [7, 11) is 0. The van der Waals surface area contributed by atoms with E-state index in [2.05, 4.69) is 12.1 Å². The molecule has 2 aliphatic rings. The maximum Gasteiger partial charge on any atom is 0.233 e. The average molecular weight is 415 g/mol. The third-order valence-electron chi connectivity index (χ3n) is 5.46. The van der Waals surface area contributed by atoms with Gasteiger partial charge in [0.2, 0.25) is 11.8 Å². The molecule has 1 aliphatic carbocycles. The van der Waals surface area contributed by atoms with Gasteiger partial charge in [0.25, 0.3) is 0 Å². The van der Waals surface area contributed by atoms with Crippen molar-refractivity contribution in [3.8, 4) is 0 Å². The van der Waals surface area contributed by atoms with Crippen LogP contribution in [-0.4, -0.2) is 53.5 Å². The van der Waals surface area contributed by atoms with Crippen LogP contribution in [0.4, 0.5) is 0 Å². The van der Waals surface area contributed by atoms with Crippen LogP contribution in [0.1, 0.15) is 17.9 Å².